The Morgan fingerprint density at radius 3 is 1.59 bits per heavy atom. The van der Waals surface area contributed by atoms with Crippen molar-refractivity contribution in [3.8, 4) is 0 Å². The molecule has 3 heteroatoms. The van der Waals surface area contributed by atoms with Gasteiger partial charge in [-0.05, 0) is 25.7 Å². The van der Waals surface area contributed by atoms with Gasteiger partial charge in [0.2, 0.25) is 5.92 Å². The number of hydrogen-bond acceptors (Lipinski definition) is 2. The molecule has 0 radical (unpaired) electrons. The molecule has 0 saturated carbocycles. The molecule has 0 bridgehead atoms. The topological polar surface area (TPSA) is 6.48 Å². The van der Waals surface area contributed by atoms with Crippen LogP contribution in [0.3, 0.4) is 0 Å². The fraction of sp³-hybridized carbons (Fsp3) is 1.00. The summed E-state index contributed by atoms with van der Waals surface area (Å²) in [6.07, 6.45) is 8.84. The quantitative estimate of drug-likeness (QED) is 0.697. The van der Waals surface area contributed by atoms with Crippen molar-refractivity contribution in [1.82, 2.24) is 9.80 Å². The third-order valence-electron chi connectivity index (χ3n) is 4.25. The second-order valence-corrected chi connectivity index (χ2v) is 5.56. The molecular formula is C14H27FN2. The van der Waals surface area contributed by atoms with Gasteiger partial charge < -0.3 is 0 Å². The van der Waals surface area contributed by atoms with Gasteiger partial charge in [0.05, 0.1) is 0 Å². The van der Waals surface area contributed by atoms with Crippen LogP contribution in [0.1, 0.15) is 58.3 Å². The third-order valence-corrected chi connectivity index (χ3v) is 4.25. The summed E-state index contributed by atoms with van der Waals surface area (Å²) in [7, 11) is 0. The lowest BCUT2D eigenvalue weighted by molar-refractivity contribution is -0.176. The van der Waals surface area contributed by atoms with Gasteiger partial charge in [0.25, 0.3) is 0 Å². The smallest absolute Gasteiger partial charge is 0.220 e. The van der Waals surface area contributed by atoms with Crippen molar-refractivity contribution in [2.24, 2.45) is 0 Å². The maximum atomic E-state index is 15.4. The molecule has 2 aliphatic rings. The van der Waals surface area contributed by atoms with Gasteiger partial charge in [-0.3, -0.25) is 9.80 Å². The maximum absolute atomic E-state index is 15.4. The van der Waals surface area contributed by atoms with Gasteiger partial charge in [0, 0.05) is 32.6 Å². The highest BCUT2D eigenvalue weighted by Gasteiger charge is 2.42. The van der Waals surface area contributed by atoms with Crippen LogP contribution in [-0.4, -0.2) is 41.9 Å². The van der Waals surface area contributed by atoms with Crippen molar-refractivity contribution >= 4 is 0 Å². The highest BCUT2D eigenvalue weighted by Crippen LogP contribution is 2.33. The summed E-state index contributed by atoms with van der Waals surface area (Å²) in [4.78, 5) is 4.23. The van der Waals surface area contributed by atoms with Crippen molar-refractivity contribution in [2.45, 2.75) is 64.2 Å². The molecule has 0 atom stereocenters. The summed E-state index contributed by atoms with van der Waals surface area (Å²) in [5.41, 5.74) is 0. The van der Waals surface area contributed by atoms with Gasteiger partial charge in [-0.25, -0.2) is 4.39 Å². The van der Waals surface area contributed by atoms with E-state index in [9.17, 15) is 0 Å². The van der Waals surface area contributed by atoms with Crippen LogP contribution in [0, 0.1) is 0 Å². The fourth-order valence-corrected chi connectivity index (χ4v) is 3.31. The summed E-state index contributed by atoms with van der Waals surface area (Å²) < 4.78 is 15.4. The van der Waals surface area contributed by atoms with Crippen LogP contribution in [-0.2, 0) is 0 Å². The van der Waals surface area contributed by atoms with Crippen LogP contribution >= 0.6 is 0 Å². The van der Waals surface area contributed by atoms with Gasteiger partial charge in [0.1, 0.15) is 0 Å². The van der Waals surface area contributed by atoms with Crippen molar-refractivity contribution < 1.29 is 4.39 Å². The molecule has 2 rings (SSSR count). The lowest BCUT2D eigenvalue weighted by Gasteiger charge is -2.47. The van der Waals surface area contributed by atoms with E-state index in [1.807, 2.05) is 0 Å². The minimum atomic E-state index is -1.14. The molecule has 100 valence electrons. The zero-order chi connectivity index (χ0) is 12.1. The Morgan fingerprint density at radius 2 is 1.24 bits per heavy atom. The summed E-state index contributed by atoms with van der Waals surface area (Å²) in [5.74, 6) is -1.14. The molecule has 2 heterocycles. The van der Waals surface area contributed by atoms with Gasteiger partial charge in [-0.1, -0.05) is 26.2 Å². The van der Waals surface area contributed by atoms with Crippen LogP contribution < -0.4 is 0 Å². The average molecular weight is 242 g/mol. The van der Waals surface area contributed by atoms with Crippen molar-refractivity contribution in [3.63, 3.8) is 0 Å². The standard InChI is InChI=1S/C14H27FN2/c1-2-9-14(15,16-10-5-3-6-11-16)17-12-7-4-8-13-17/h2-13H2,1H3. The van der Waals surface area contributed by atoms with Gasteiger partial charge in [0.15, 0.2) is 0 Å². The lowest BCUT2D eigenvalue weighted by Crippen LogP contribution is -2.60. The Hall–Kier alpha value is -0.150. The first-order chi connectivity index (χ1) is 8.27. The summed E-state index contributed by atoms with van der Waals surface area (Å²) >= 11 is 0. The average Bonchev–Trinajstić information content (AvgIpc) is 2.41. The number of piperidine rings is 2. The lowest BCUT2D eigenvalue weighted by atomic mass is 10.0. The van der Waals surface area contributed by atoms with Crippen LogP contribution in [0.2, 0.25) is 0 Å². The van der Waals surface area contributed by atoms with Gasteiger partial charge in [-0.2, -0.15) is 0 Å². The predicted octanol–water partition coefficient (Wildman–Crippen LogP) is 3.38. The first-order valence-corrected chi connectivity index (χ1v) is 7.46. The number of nitrogens with zero attached hydrogens (tertiary/aromatic N) is 2. The maximum Gasteiger partial charge on any atom is 0.220 e. The largest absolute Gasteiger partial charge is 0.259 e. The number of halogens is 1. The van der Waals surface area contributed by atoms with Crippen LogP contribution in [0.25, 0.3) is 0 Å². The molecule has 0 unspecified atom stereocenters. The predicted molar refractivity (Wildman–Crippen MR) is 69.6 cm³/mol. The van der Waals surface area contributed by atoms with Crippen molar-refractivity contribution in [1.29, 1.82) is 0 Å². The minimum Gasteiger partial charge on any atom is -0.259 e. The van der Waals surface area contributed by atoms with Gasteiger partial charge in [-0.15, -0.1) is 0 Å². The second kappa shape index (κ2) is 6.14. The SMILES string of the molecule is CCCC(F)(N1CCCCC1)N1CCCCC1. The molecular weight excluding hydrogens is 215 g/mol. The Labute approximate surface area is 105 Å². The van der Waals surface area contributed by atoms with Crippen LogP contribution in [0.5, 0.6) is 0 Å². The number of alkyl halides is 1. The van der Waals surface area contributed by atoms with E-state index in [2.05, 4.69) is 16.7 Å². The highest BCUT2D eigenvalue weighted by molar-refractivity contribution is 4.84. The highest BCUT2D eigenvalue weighted by atomic mass is 19.2. The number of rotatable bonds is 4. The van der Waals surface area contributed by atoms with E-state index in [4.69, 9.17) is 0 Å². The third kappa shape index (κ3) is 3.00. The van der Waals surface area contributed by atoms with Gasteiger partial charge >= 0.3 is 0 Å². The minimum absolute atomic E-state index is 0.674. The van der Waals surface area contributed by atoms with E-state index in [0.29, 0.717) is 6.42 Å². The molecule has 2 aliphatic heterocycles. The van der Waals surface area contributed by atoms with E-state index in [1.54, 1.807) is 0 Å². The molecule has 0 aromatic rings. The summed E-state index contributed by atoms with van der Waals surface area (Å²) in [6.45, 7) is 5.90. The van der Waals surface area contributed by atoms with E-state index < -0.39 is 5.92 Å². The molecule has 0 aromatic carbocycles. The van der Waals surface area contributed by atoms with Crippen LogP contribution in [0.15, 0.2) is 0 Å². The molecule has 2 fully saturated rings. The van der Waals surface area contributed by atoms with E-state index in [-0.39, 0.29) is 0 Å². The van der Waals surface area contributed by atoms with Crippen molar-refractivity contribution in [2.75, 3.05) is 26.2 Å². The first-order valence-electron chi connectivity index (χ1n) is 7.46. The Kier molecular flexibility index (Phi) is 4.80. The molecule has 2 saturated heterocycles. The zero-order valence-corrected chi connectivity index (χ0v) is 11.3. The first kappa shape index (κ1) is 13.3. The molecule has 0 aliphatic carbocycles. The molecule has 0 N–H and O–H groups in total. The van der Waals surface area contributed by atoms with E-state index in [1.165, 1.54) is 38.5 Å². The van der Waals surface area contributed by atoms with E-state index in [0.717, 1.165) is 32.6 Å². The summed E-state index contributed by atoms with van der Waals surface area (Å²) in [5, 5.41) is 0. The molecule has 0 spiro atoms. The Morgan fingerprint density at radius 1 is 0.824 bits per heavy atom. The molecule has 0 aromatic heterocycles. The normalized spacial score (nSPS) is 25.1. The van der Waals surface area contributed by atoms with Crippen LogP contribution in [0.4, 0.5) is 4.39 Å². The number of hydrogen-bond donors (Lipinski definition) is 0. The molecule has 17 heavy (non-hydrogen) atoms. The number of likely N-dealkylation sites (tertiary alicyclic amines) is 2. The van der Waals surface area contributed by atoms with Crippen molar-refractivity contribution in [3.05, 3.63) is 0 Å². The Balaban J connectivity index is 2.05. The molecule has 2 nitrogen and oxygen atoms in total. The molecule has 0 amide bonds. The monoisotopic (exact) mass is 242 g/mol. The van der Waals surface area contributed by atoms with E-state index >= 15 is 4.39 Å². The zero-order valence-electron chi connectivity index (χ0n) is 11.3. The summed E-state index contributed by atoms with van der Waals surface area (Å²) in [6, 6.07) is 0. The fourth-order valence-electron chi connectivity index (χ4n) is 3.31. The Bertz CT molecular complexity index is 202. The second-order valence-electron chi connectivity index (χ2n) is 5.56.